The Balaban J connectivity index is 2.82. The van der Waals surface area contributed by atoms with Crippen molar-refractivity contribution >= 4 is 23.8 Å². The van der Waals surface area contributed by atoms with Crippen LogP contribution in [0, 0.1) is 0 Å². The quantitative estimate of drug-likeness (QED) is 0.342. The number of phenolic OH excluding ortho intramolecular Hbond substituents is 1. The number of carbonyl (C=O) groups excluding carboxylic acids is 2. The number of benzene rings is 1. The van der Waals surface area contributed by atoms with Crippen molar-refractivity contribution in [3.63, 3.8) is 0 Å². The summed E-state index contributed by atoms with van der Waals surface area (Å²) in [5, 5.41) is 18.2. The molecule has 0 aliphatic heterocycles. The fourth-order valence-corrected chi connectivity index (χ4v) is 2.09. The van der Waals surface area contributed by atoms with Crippen molar-refractivity contribution in [2.45, 2.75) is 66.2 Å². The van der Waals surface area contributed by atoms with E-state index < -0.39 is 23.4 Å². The van der Waals surface area contributed by atoms with E-state index in [9.17, 15) is 14.7 Å². The molecule has 0 atom stereocenters. The fourth-order valence-electron chi connectivity index (χ4n) is 2.09. The molecule has 1 aromatic carbocycles. The van der Waals surface area contributed by atoms with Gasteiger partial charge in [0.05, 0.1) is 0 Å². The van der Waals surface area contributed by atoms with Gasteiger partial charge in [-0.15, -0.1) is 0 Å². The van der Waals surface area contributed by atoms with Gasteiger partial charge in [0, 0.05) is 24.3 Å². The highest BCUT2D eigenvalue weighted by Gasteiger charge is 2.18. The van der Waals surface area contributed by atoms with Gasteiger partial charge >= 0.3 is 12.2 Å². The Bertz CT molecular complexity index is 748. The number of nitrogens with zero attached hydrogens (tertiary/aromatic N) is 1. The minimum atomic E-state index is -0.638. The molecule has 0 saturated carbocycles. The minimum absolute atomic E-state index is 0.0145. The summed E-state index contributed by atoms with van der Waals surface area (Å²) in [6.45, 7) is 12.9. The highest BCUT2D eigenvalue weighted by atomic mass is 16.6. The van der Waals surface area contributed by atoms with Crippen LogP contribution in [0.1, 0.15) is 54.0 Å². The summed E-state index contributed by atoms with van der Waals surface area (Å²) in [6.07, 6.45) is -1.22. The Morgan fingerprint density at radius 3 is 2.17 bits per heavy atom. The maximum atomic E-state index is 12.0. The Morgan fingerprint density at radius 1 is 1.03 bits per heavy atom. The number of phenols is 1. The van der Waals surface area contributed by atoms with E-state index in [1.807, 2.05) is 6.92 Å². The Kier molecular flexibility index (Phi) is 8.29. The summed E-state index contributed by atoms with van der Waals surface area (Å²) in [5.74, 6) is 0.221. The highest BCUT2D eigenvalue weighted by Crippen LogP contribution is 2.21. The summed E-state index contributed by atoms with van der Waals surface area (Å²) in [4.78, 5) is 28.0. The van der Waals surface area contributed by atoms with Gasteiger partial charge in [-0.05, 0) is 66.7 Å². The number of hydrogen-bond acceptors (Lipinski definition) is 6. The molecule has 0 saturated heterocycles. The number of ether oxygens (including phenoxy) is 2. The molecule has 0 aliphatic rings. The summed E-state index contributed by atoms with van der Waals surface area (Å²) in [6, 6.07) is 4.73. The molecule has 0 heterocycles. The molecule has 2 amide bonds. The normalized spacial score (nSPS) is 12.2. The standard InChI is InChI=1S/C20H32N4O5/c1-8-21-16(24-18(27)29-20(5,6)7)23-14-9-10-15(25)13(11-14)12-22-17(26)28-19(2,3)4/h9-11,25H,8,12H2,1-7H3,(H,22,26)(H2,21,23,24,27). The lowest BCUT2D eigenvalue weighted by atomic mass is 10.1. The molecule has 4 N–H and O–H groups in total. The first-order valence-corrected chi connectivity index (χ1v) is 9.39. The molecule has 0 aliphatic carbocycles. The smallest absolute Gasteiger partial charge is 0.414 e. The average Bonchev–Trinajstić information content (AvgIpc) is 2.52. The van der Waals surface area contributed by atoms with Crippen LogP contribution in [-0.4, -0.2) is 41.0 Å². The average molecular weight is 408 g/mol. The van der Waals surface area contributed by atoms with Crippen molar-refractivity contribution in [2.24, 2.45) is 4.99 Å². The van der Waals surface area contributed by atoms with E-state index in [1.165, 1.54) is 6.07 Å². The van der Waals surface area contributed by atoms with Crippen LogP contribution in [0.4, 0.5) is 15.3 Å². The third kappa shape index (κ3) is 10.2. The van der Waals surface area contributed by atoms with Crippen LogP contribution in [-0.2, 0) is 16.0 Å². The molecule has 1 rings (SSSR count). The maximum Gasteiger partial charge on any atom is 0.414 e. The second kappa shape index (κ2) is 9.99. The molecule has 0 aromatic heterocycles. The monoisotopic (exact) mass is 408 g/mol. The van der Waals surface area contributed by atoms with Crippen LogP contribution >= 0.6 is 0 Å². The number of carbonyl (C=O) groups is 2. The molecule has 0 spiro atoms. The SMILES string of the molecule is CCN=C(NC(=O)OC(C)(C)C)Nc1ccc(O)c(CNC(=O)OC(C)(C)C)c1. The van der Waals surface area contributed by atoms with Crippen LogP contribution in [0.2, 0.25) is 0 Å². The molecule has 0 radical (unpaired) electrons. The van der Waals surface area contributed by atoms with Gasteiger partial charge < -0.3 is 25.2 Å². The van der Waals surface area contributed by atoms with Gasteiger partial charge in [0.25, 0.3) is 0 Å². The lowest BCUT2D eigenvalue weighted by Gasteiger charge is -2.21. The highest BCUT2D eigenvalue weighted by molar-refractivity contribution is 6.02. The number of alkyl carbamates (subject to hydrolysis) is 2. The zero-order valence-electron chi connectivity index (χ0n) is 18.2. The lowest BCUT2D eigenvalue weighted by molar-refractivity contribution is 0.0520. The predicted octanol–water partition coefficient (Wildman–Crippen LogP) is 3.73. The van der Waals surface area contributed by atoms with Crippen LogP contribution in [0.15, 0.2) is 23.2 Å². The molecule has 29 heavy (non-hydrogen) atoms. The van der Waals surface area contributed by atoms with Crippen molar-refractivity contribution in [2.75, 3.05) is 11.9 Å². The van der Waals surface area contributed by atoms with E-state index >= 15 is 0 Å². The van der Waals surface area contributed by atoms with Gasteiger partial charge in [0.1, 0.15) is 17.0 Å². The molecule has 1 aromatic rings. The Hall–Kier alpha value is -2.97. The summed E-state index contributed by atoms with van der Waals surface area (Å²) in [7, 11) is 0. The van der Waals surface area contributed by atoms with Gasteiger partial charge in [-0.1, -0.05) is 0 Å². The topological polar surface area (TPSA) is 121 Å². The van der Waals surface area contributed by atoms with Crippen molar-refractivity contribution in [3.05, 3.63) is 23.8 Å². The number of guanidine groups is 1. The fraction of sp³-hybridized carbons (Fsp3) is 0.550. The number of hydrogen-bond donors (Lipinski definition) is 4. The number of amides is 2. The summed E-state index contributed by atoms with van der Waals surface area (Å²) >= 11 is 0. The number of aliphatic imine (C=N–C) groups is 1. The van der Waals surface area contributed by atoms with Crippen molar-refractivity contribution in [1.82, 2.24) is 10.6 Å². The van der Waals surface area contributed by atoms with E-state index in [0.717, 1.165) is 0 Å². The van der Waals surface area contributed by atoms with E-state index in [0.29, 0.717) is 17.8 Å². The third-order valence-electron chi connectivity index (χ3n) is 3.10. The predicted molar refractivity (Wildman–Crippen MR) is 112 cm³/mol. The van der Waals surface area contributed by atoms with Gasteiger partial charge in [-0.2, -0.15) is 0 Å². The molecular weight excluding hydrogens is 376 g/mol. The van der Waals surface area contributed by atoms with Gasteiger partial charge in [0.2, 0.25) is 5.96 Å². The number of aromatic hydroxyl groups is 1. The van der Waals surface area contributed by atoms with E-state index in [-0.39, 0.29) is 18.3 Å². The van der Waals surface area contributed by atoms with Gasteiger partial charge in [0.15, 0.2) is 0 Å². The molecule has 9 nitrogen and oxygen atoms in total. The minimum Gasteiger partial charge on any atom is -0.508 e. The van der Waals surface area contributed by atoms with Gasteiger partial charge in [-0.3, -0.25) is 10.3 Å². The van der Waals surface area contributed by atoms with Crippen LogP contribution in [0.5, 0.6) is 5.75 Å². The van der Waals surface area contributed by atoms with E-state index in [1.54, 1.807) is 53.7 Å². The van der Waals surface area contributed by atoms with Crippen LogP contribution in [0.25, 0.3) is 0 Å². The molecular formula is C20H32N4O5. The zero-order valence-corrected chi connectivity index (χ0v) is 18.2. The van der Waals surface area contributed by atoms with Crippen molar-refractivity contribution in [1.29, 1.82) is 0 Å². The van der Waals surface area contributed by atoms with Crippen molar-refractivity contribution < 1.29 is 24.2 Å². The maximum absolute atomic E-state index is 12.0. The molecule has 0 bridgehead atoms. The van der Waals surface area contributed by atoms with Crippen LogP contribution in [0.3, 0.4) is 0 Å². The first-order valence-electron chi connectivity index (χ1n) is 9.39. The Labute approximate surface area is 171 Å². The first kappa shape index (κ1) is 24.1. The third-order valence-corrected chi connectivity index (χ3v) is 3.10. The lowest BCUT2D eigenvalue weighted by Crippen LogP contribution is -2.40. The van der Waals surface area contributed by atoms with Crippen LogP contribution < -0.4 is 16.0 Å². The second-order valence-electron chi connectivity index (χ2n) is 8.27. The second-order valence-corrected chi connectivity index (χ2v) is 8.27. The summed E-state index contributed by atoms with van der Waals surface area (Å²) in [5.41, 5.74) is -0.226. The number of rotatable bonds is 4. The molecule has 0 unspecified atom stereocenters. The van der Waals surface area contributed by atoms with Crippen molar-refractivity contribution in [3.8, 4) is 5.75 Å². The Morgan fingerprint density at radius 2 is 1.62 bits per heavy atom. The number of nitrogens with one attached hydrogen (secondary N) is 3. The molecule has 162 valence electrons. The first-order chi connectivity index (χ1) is 13.3. The largest absolute Gasteiger partial charge is 0.508 e. The van der Waals surface area contributed by atoms with E-state index in [2.05, 4.69) is 20.9 Å². The summed E-state index contributed by atoms with van der Waals surface area (Å²) < 4.78 is 10.4. The van der Waals surface area contributed by atoms with Gasteiger partial charge in [-0.25, -0.2) is 9.59 Å². The zero-order chi connectivity index (χ0) is 22.2. The molecule has 9 heteroatoms. The van der Waals surface area contributed by atoms with E-state index in [4.69, 9.17) is 9.47 Å². The number of anilines is 1. The molecule has 0 fully saturated rings.